The summed E-state index contributed by atoms with van der Waals surface area (Å²) in [7, 11) is 2.06. The van der Waals surface area contributed by atoms with E-state index in [9.17, 15) is 4.79 Å². The van der Waals surface area contributed by atoms with Crippen LogP contribution in [0.5, 0.6) is 0 Å². The Bertz CT molecular complexity index is 1410. The fourth-order valence-corrected chi connectivity index (χ4v) is 5.98. The molecule has 7 heteroatoms. The minimum atomic E-state index is 0.119. The van der Waals surface area contributed by atoms with E-state index in [0.717, 1.165) is 83.6 Å². The second-order valence-electron chi connectivity index (χ2n) is 10.3. The van der Waals surface area contributed by atoms with Crippen LogP contribution in [0.1, 0.15) is 36.0 Å². The second-order valence-corrected chi connectivity index (χ2v) is 10.3. The Morgan fingerprint density at radius 3 is 2.94 bits per heavy atom. The number of hydrogen-bond donors (Lipinski definition) is 1. The van der Waals surface area contributed by atoms with Crippen molar-refractivity contribution in [2.75, 3.05) is 19.6 Å². The number of amides is 1. The van der Waals surface area contributed by atoms with Gasteiger partial charge in [0.2, 0.25) is 0 Å². The lowest BCUT2D eigenvalue weighted by Gasteiger charge is -2.35. The number of likely N-dealkylation sites (tertiary alicyclic amines) is 1. The van der Waals surface area contributed by atoms with Gasteiger partial charge in [0.05, 0.1) is 16.7 Å². The summed E-state index contributed by atoms with van der Waals surface area (Å²) in [4.78, 5) is 25.1. The van der Waals surface area contributed by atoms with Gasteiger partial charge in [-0.15, -0.1) is 0 Å². The van der Waals surface area contributed by atoms with Gasteiger partial charge in [0, 0.05) is 49.9 Å². The molecule has 4 aromatic rings. The lowest BCUT2D eigenvalue weighted by molar-refractivity contribution is 0.0669. The second kappa shape index (κ2) is 7.67. The molecule has 1 aliphatic carbocycles. The first kappa shape index (κ1) is 20.2. The lowest BCUT2D eigenvalue weighted by Crippen LogP contribution is -2.48. The third kappa shape index (κ3) is 3.25. The maximum Gasteiger partial charge on any atom is 0.253 e. The topological polar surface area (TPSA) is 68.0 Å². The van der Waals surface area contributed by atoms with E-state index in [0.29, 0.717) is 6.04 Å². The molecule has 7 rings (SSSR count). The molecule has 1 aromatic carbocycles. The highest BCUT2D eigenvalue weighted by atomic mass is 16.2. The summed E-state index contributed by atoms with van der Waals surface area (Å²) in [6.07, 6.45) is 6.77. The van der Waals surface area contributed by atoms with Gasteiger partial charge in [-0.05, 0) is 80.5 Å². The van der Waals surface area contributed by atoms with Gasteiger partial charge in [-0.3, -0.25) is 4.79 Å². The number of aromatic nitrogens is 4. The molecule has 0 bridgehead atoms. The minimum Gasteiger partial charge on any atom is -0.337 e. The SMILES string of the molecule is Cn1c(-c2cc3cccnc3n2CC2CC2)nc2cc(C(=O)N3CCC4CCNC4C3)ccc21. The number of benzene rings is 1. The van der Waals surface area contributed by atoms with Gasteiger partial charge >= 0.3 is 0 Å². The molecular weight excluding hydrogens is 424 g/mol. The highest BCUT2D eigenvalue weighted by molar-refractivity contribution is 5.98. The Morgan fingerprint density at radius 2 is 2.06 bits per heavy atom. The van der Waals surface area contributed by atoms with Crippen molar-refractivity contribution >= 4 is 28.0 Å². The molecule has 1 amide bonds. The van der Waals surface area contributed by atoms with E-state index in [4.69, 9.17) is 4.98 Å². The highest BCUT2D eigenvalue weighted by Crippen LogP contribution is 2.36. The summed E-state index contributed by atoms with van der Waals surface area (Å²) in [5.74, 6) is 2.50. The standard InChI is InChI=1S/C27H30N6O/c1-31-23-7-6-20(27(34)32-12-9-18-8-11-28-22(18)16-32)13-21(23)30-26(31)24-14-19-3-2-10-29-25(19)33(24)15-17-4-5-17/h2-3,6-7,10,13-14,17-18,22,28H,4-5,8-9,11-12,15-16H2,1H3. The van der Waals surface area contributed by atoms with E-state index in [1.807, 2.05) is 35.4 Å². The molecule has 2 saturated heterocycles. The number of aryl methyl sites for hydroxylation is 1. The molecule has 3 fully saturated rings. The zero-order chi connectivity index (χ0) is 22.8. The Kier molecular flexibility index (Phi) is 4.56. The van der Waals surface area contributed by atoms with E-state index in [1.165, 1.54) is 19.3 Å². The fourth-order valence-electron chi connectivity index (χ4n) is 5.98. The smallest absolute Gasteiger partial charge is 0.253 e. The zero-order valence-electron chi connectivity index (χ0n) is 19.6. The van der Waals surface area contributed by atoms with Crippen LogP contribution >= 0.6 is 0 Å². The number of imidazole rings is 1. The van der Waals surface area contributed by atoms with Gasteiger partial charge in [-0.25, -0.2) is 9.97 Å². The number of nitrogens with one attached hydrogen (secondary N) is 1. The quantitative estimate of drug-likeness (QED) is 0.509. The Balaban J connectivity index is 1.25. The van der Waals surface area contributed by atoms with Crippen molar-refractivity contribution in [3.63, 3.8) is 0 Å². The van der Waals surface area contributed by atoms with Gasteiger partial charge in [0.15, 0.2) is 5.82 Å². The summed E-state index contributed by atoms with van der Waals surface area (Å²) in [6.45, 7) is 3.71. The van der Waals surface area contributed by atoms with Crippen LogP contribution in [0.4, 0.5) is 0 Å². The van der Waals surface area contributed by atoms with Crippen molar-refractivity contribution in [3.05, 3.63) is 48.2 Å². The Hall–Kier alpha value is -3.19. The van der Waals surface area contributed by atoms with Crippen LogP contribution in [-0.4, -0.2) is 55.6 Å². The van der Waals surface area contributed by atoms with Crippen molar-refractivity contribution in [1.29, 1.82) is 0 Å². The van der Waals surface area contributed by atoms with Crippen molar-refractivity contribution in [3.8, 4) is 11.5 Å². The molecule has 2 aliphatic heterocycles. The molecule has 2 unspecified atom stereocenters. The Morgan fingerprint density at radius 1 is 1.15 bits per heavy atom. The van der Waals surface area contributed by atoms with E-state index < -0.39 is 0 Å². The number of rotatable bonds is 4. The lowest BCUT2D eigenvalue weighted by atomic mass is 9.92. The molecule has 174 valence electrons. The van der Waals surface area contributed by atoms with Crippen LogP contribution < -0.4 is 5.32 Å². The van der Waals surface area contributed by atoms with Gasteiger partial charge in [0.25, 0.3) is 5.91 Å². The molecule has 5 heterocycles. The molecule has 3 aliphatic rings. The Labute approximate surface area is 198 Å². The number of hydrogen-bond acceptors (Lipinski definition) is 4. The van der Waals surface area contributed by atoms with Crippen molar-refractivity contribution in [2.45, 2.75) is 38.3 Å². The van der Waals surface area contributed by atoms with Crippen LogP contribution in [0, 0.1) is 11.8 Å². The molecule has 0 radical (unpaired) electrons. The minimum absolute atomic E-state index is 0.119. The van der Waals surface area contributed by atoms with Crippen molar-refractivity contribution in [1.82, 2.24) is 29.3 Å². The van der Waals surface area contributed by atoms with Crippen molar-refractivity contribution in [2.24, 2.45) is 18.9 Å². The predicted octanol–water partition coefficient (Wildman–Crippen LogP) is 3.82. The average molecular weight is 455 g/mol. The first-order chi connectivity index (χ1) is 16.7. The molecule has 0 spiro atoms. The van der Waals surface area contributed by atoms with Gasteiger partial charge < -0.3 is 19.4 Å². The molecule has 34 heavy (non-hydrogen) atoms. The van der Waals surface area contributed by atoms with E-state index in [-0.39, 0.29) is 5.91 Å². The first-order valence-corrected chi connectivity index (χ1v) is 12.6. The van der Waals surface area contributed by atoms with E-state index in [2.05, 4.69) is 38.6 Å². The van der Waals surface area contributed by atoms with Crippen LogP contribution in [-0.2, 0) is 13.6 Å². The van der Waals surface area contributed by atoms with Crippen molar-refractivity contribution < 1.29 is 4.79 Å². The number of pyridine rings is 1. The molecule has 2 atom stereocenters. The summed E-state index contributed by atoms with van der Waals surface area (Å²) >= 11 is 0. The van der Waals surface area contributed by atoms with Crippen LogP contribution in [0.15, 0.2) is 42.6 Å². The van der Waals surface area contributed by atoms with Gasteiger partial charge in [-0.1, -0.05) is 0 Å². The van der Waals surface area contributed by atoms with E-state index >= 15 is 0 Å². The van der Waals surface area contributed by atoms with Gasteiger partial charge in [-0.2, -0.15) is 0 Å². The summed E-state index contributed by atoms with van der Waals surface area (Å²) in [5, 5.41) is 4.71. The summed E-state index contributed by atoms with van der Waals surface area (Å²) in [5.41, 5.74) is 4.76. The fraction of sp³-hybridized carbons (Fsp3) is 0.444. The number of fused-ring (bicyclic) bond motifs is 3. The first-order valence-electron chi connectivity index (χ1n) is 12.6. The largest absolute Gasteiger partial charge is 0.337 e. The highest BCUT2D eigenvalue weighted by Gasteiger charge is 2.34. The van der Waals surface area contributed by atoms with Crippen LogP contribution in [0.2, 0.25) is 0 Å². The van der Waals surface area contributed by atoms with Crippen LogP contribution in [0.25, 0.3) is 33.6 Å². The molecular formula is C27H30N6O. The number of nitrogens with zero attached hydrogens (tertiary/aromatic N) is 5. The van der Waals surface area contributed by atoms with E-state index in [1.54, 1.807) is 0 Å². The number of carbonyl (C=O) groups is 1. The third-order valence-corrected chi connectivity index (χ3v) is 8.11. The molecule has 3 aromatic heterocycles. The predicted molar refractivity (Wildman–Crippen MR) is 133 cm³/mol. The summed E-state index contributed by atoms with van der Waals surface area (Å²) < 4.78 is 4.48. The normalized spacial score (nSPS) is 22.6. The number of piperidine rings is 1. The average Bonchev–Trinajstić information content (AvgIpc) is 3.29. The molecule has 1 saturated carbocycles. The summed E-state index contributed by atoms with van der Waals surface area (Å²) in [6, 6.07) is 12.8. The monoisotopic (exact) mass is 454 g/mol. The zero-order valence-corrected chi connectivity index (χ0v) is 19.6. The maximum absolute atomic E-state index is 13.3. The maximum atomic E-state index is 13.3. The molecule has 7 nitrogen and oxygen atoms in total. The number of carbonyl (C=O) groups excluding carboxylic acids is 1. The molecule has 1 N–H and O–H groups in total. The third-order valence-electron chi connectivity index (χ3n) is 8.11. The van der Waals surface area contributed by atoms with Crippen LogP contribution in [0.3, 0.4) is 0 Å². The van der Waals surface area contributed by atoms with Gasteiger partial charge in [0.1, 0.15) is 5.65 Å².